The quantitative estimate of drug-likeness (QED) is 0.477. The van der Waals surface area contributed by atoms with Gasteiger partial charge in [0.2, 0.25) is 0 Å². The number of hydrogen-bond acceptors (Lipinski definition) is 1. The van der Waals surface area contributed by atoms with Crippen LogP contribution in [-0.4, -0.2) is 7.05 Å². The number of hydrogen-bond donors (Lipinski definition) is 1. The molecule has 144 valence electrons. The first kappa shape index (κ1) is 24.4. The van der Waals surface area contributed by atoms with Crippen LogP contribution in [0.1, 0.15) is 43.4 Å². The Labute approximate surface area is 164 Å². The number of benzene rings is 2. The molecule has 1 aliphatic rings. The molecule has 2 aromatic rings. The second-order valence-electron chi connectivity index (χ2n) is 6.85. The Kier molecular flexibility index (Phi) is 10.7. The SMILES string of the molecule is C#C.C=C.CN.Cc1ccc(C2=C(c3ccc(F)cc3)CC(C)(C)C2)cc1. The third kappa shape index (κ3) is 6.89. The molecule has 0 bridgehead atoms. The fraction of sp³-hybridized carbons (Fsp3) is 0.280. The predicted octanol–water partition coefficient (Wildman–Crippen LogP) is 6.49. The standard InChI is InChI=1S/C20H21F.C2H4.C2H2.CH5N/c1-14-4-6-15(7-5-14)18-12-20(2,3)13-19(18)16-8-10-17(21)11-9-16;3*1-2/h4-11H,12-13H2,1-3H3;1-2H2;1-2H;2H2,1H3. The summed E-state index contributed by atoms with van der Waals surface area (Å²) in [6.07, 6.45) is 10.1. The first-order chi connectivity index (χ1) is 12.9. The molecule has 0 saturated heterocycles. The number of rotatable bonds is 2. The normalized spacial score (nSPS) is 13.9. The Balaban J connectivity index is 0.00000103. The van der Waals surface area contributed by atoms with Crippen LogP contribution in [0.25, 0.3) is 11.1 Å². The molecular weight excluding hydrogens is 333 g/mol. The summed E-state index contributed by atoms with van der Waals surface area (Å²) >= 11 is 0. The van der Waals surface area contributed by atoms with Crippen molar-refractivity contribution in [2.24, 2.45) is 11.1 Å². The van der Waals surface area contributed by atoms with Gasteiger partial charge in [-0.1, -0.05) is 55.8 Å². The van der Waals surface area contributed by atoms with Gasteiger partial charge in [0.15, 0.2) is 0 Å². The lowest BCUT2D eigenvalue weighted by atomic mass is 9.87. The van der Waals surface area contributed by atoms with E-state index in [9.17, 15) is 4.39 Å². The van der Waals surface area contributed by atoms with Gasteiger partial charge < -0.3 is 5.73 Å². The summed E-state index contributed by atoms with van der Waals surface area (Å²) in [6, 6.07) is 15.7. The van der Waals surface area contributed by atoms with Crippen LogP contribution in [0.3, 0.4) is 0 Å². The summed E-state index contributed by atoms with van der Waals surface area (Å²) in [6.45, 7) is 12.7. The number of aryl methyl sites for hydroxylation is 1. The Morgan fingerprint density at radius 3 is 1.52 bits per heavy atom. The topological polar surface area (TPSA) is 26.0 Å². The van der Waals surface area contributed by atoms with Crippen molar-refractivity contribution in [1.82, 2.24) is 0 Å². The van der Waals surface area contributed by atoms with Gasteiger partial charge in [-0.2, -0.15) is 0 Å². The van der Waals surface area contributed by atoms with E-state index in [1.54, 1.807) is 12.1 Å². The molecule has 0 atom stereocenters. The van der Waals surface area contributed by atoms with Crippen molar-refractivity contribution < 1.29 is 4.39 Å². The molecule has 27 heavy (non-hydrogen) atoms. The van der Waals surface area contributed by atoms with Crippen molar-refractivity contribution in [1.29, 1.82) is 0 Å². The molecule has 2 N–H and O–H groups in total. The van der Waals surface area contributed by atoms with Crippen LogP contribution < -0.4 is 5.73 Å². The van der Waals surface area contributed by atoms with Gasteiger partial charge in [-0.3, -0.25) is 0 Å². The third-order valence-electron chi connectivity index (χ3n) is 4.27. The lowest BCUT2D eigenvalue weighted by Crippen LogP contribution is -2.05. The van der Waals surface area contributed by atoms with Gasteiger partial charge in [-0.05, 0) is 66.6 Å². The van der Waals surface area contributed by atoms with Crippen LogP contribution in [0.15, 0.2) is 61.7 Å². The second kappa shape index (κ2) is 11.9. The fourth-order valence-corrected chi connectivity index (χ4v) is 3.19. The summed E-state index contributed by atoms with van der Waals surface area (Å²) in [5.41, 5.74) is 11.3. The maximum atomic E-state index is 13.2. The summed E-state index contributed by atoms with van der Waals surface area (Å²) in [4.78, 5) is 0. The van der Waals surface area contributed by atoms with Gasteiger partial charge in [0.05, 0.1) is 0 Å². The first-order valence-corrected chi connectivity index (χ1v) is 8.91. The zero-order valence-corrected chi connectivity index (χ0v) is 17.1. The molecular formula is C25H32FN. The average Bonchev–Trinajstić information content (AvgIpc) is 3.03. The van der Waals surface area contributed by atoms with Crippen molar-refractivity contribution in [2.75, 3.05) is 7.05 Å². The predicted molar refractivity (Wildman–Crippen MR) is 119 cm³/mol. The van der Waals surface area contributed by atoms with Gasteiger partial charge in [0.1, 0.15) is 5.82 Å². The van der Waals surface area contributed by atoms with E-state index in [1.165, 1.54) is 29.3 Å². The molecule has 0 radical (unpaired) electrons. The van der Waals surface area contributed by atoms with Crippen LogP contribution in [0.5, 0.6) is 0 Å². The monoisotopic (exact) mass is 365 g/mol. The van der Waals surface area contributed by atoms with Gasteiger partial charge >= 0.3 is 0 Å². The van der Waals surface area contributed by atoms with Crippen molar-refractivity contribution in [2.45, 2.75) is 33.6 Å². The van der Waals surface area contributed by atoms with Gasteiger partial charge in [-0.25, -0.2) is 4.39 Å². The Bertz CT molecular complexity index is 675. The van der Waals surface area contributed by atoms with E-state index in [1.807, 2.05) is 12.1 Å². The van der Waals surface area contributed by atoms with Crippen LogP contribution in [0.2, 0.25) is 0 Å². The lowest BCUT2D eigenvalue weighted by molar-refractivity contribution is 0.406. The largest absolute Gasteiger partial charge is 0.333 e. The number of allylic oxidation sites excluding steroid dienone is 2. The Morgan fingerprint density at radius 1 is 0.815 bits per heavy atom. The minimum absolute atomic E-state index is 0.173. The molecule has 3 rings (SSSR count). The summed E-state index contributed by atoms with van der Waals surface area (Å²) in [5.74, 6) is -0.173. The zero-order chi connectivity index (χ0) is 21.0. The van der Waals surface area contributed by atoms with E-state index in [4.69, 9.17) is 0 Å². The molecule has 0 amide bonds. The number of nitrogens with two attached hydrogens (primary N) is 1. The highest BCUT2D eigenvalue weighted by atomic mass is 19.1. The van der Waals surface area contributed by atoms with E-state index in [-0.39, 0.29) is 11.2 Å². The number of terminal acetylenes is 1. The van der Waals surface area contributed by atoms with Crippen molar-refractivity contribution in [3.8, 4) is 12.8 Å². The Hall–Kier alpha value is -2.63. The number of halogens is 1. The minimum atomic E-state index is -0.173. The van der Waals surface area contributed by atoms with Crippen molar-refractivity contribution in [3.05, 3.63) is 84.2 Å². The van der Waals surface area contributed by atoms with Crippen LogP contribution in [0.4, 0.5) is 4.39 Å². The Morgan fingerprint density at radius 2 is 1.15 bits per heavy atom. The summed E-state index contributed by atoms with van der Waals surface area (Å²) < 4.78 is 13.2. The summed E-state index contributed by atoms with van der Waals surface area (Å²) in [5, 5.41) is 0. The third-order valence-corrected chi connectivity index (χ3v) is 4.27. The molecule has 0 unspecified atom stereocenters. The molecule has 0 spiro atoms. The van der Waals surface area contributed by atoms with E-state index >= 15 is 0 Å². The van der Waals surface area contributed by atoms with Gasteiger partial charge in [0, 0.05) is 0 Å². The van der Waals surface area contributed by atoms with Crippen LogP contribution in [0, 0.1) is 31.0 Å². The molecule has 0 heterocycles. The van der Waals surface area contributed by atoms with Crippen molar-refractivity contribution >= 4 is 11.1 Å². The first-order valence-electron chi connectivity index (χ1n) is 8.91. The van der Waals surface area contributed by atoms with E-state index < -0.39 is 0 Å². The van der Waals surface area contributed by atoms with Gasteiger partial charge in [-0.15, -0.1) is 26.0 Å². The van der Waals surface area contributed by atoms with E-state index in [0.29, 0.717) is 0 Å². The average molecular weight is 366 g/mol. The second-order valence-corrected chi connectivity index (χ2v) is 6.85. The highest BCUT2D eigenvalue weighted by molar-refractivity contribution is 5.93. The molecule has 0 aliphatic heterocycles. The van der Waals surface area contributed by atoms with Gasteiger partial charge in [0.25, 0.3) is 0 Å². The zero-order valence-electron chi connectivity index (χ0n) is 17.1. The highest BCUT2D eigenvalue weighted by Gasteiger charge is 2.31. The highest BCUT2D eigenvalue weighted by Crippen LogP contribution is 2.49. The van der Waals surface area contributed by atoms with E-state index in [2.05, 4.69) is 76.8 Å². The van der Waals surface area contributed by atoms with E-state index in [0.717, 1.165) is 18.4 Å². The van der Waals surface area contributed by atoms with Crippen LogP contribution in [-0.2, 0) is 0 Å². The smallest absolute Gasteiger partial charge is 0.123 e. The maximum Gasteiger partial charge on any atom is 0.123 e. The molecule has 2 heteroatoms. The molecule has 1 aliphatic carbocycles. The molecule has 0 saturated carbocycles. The van der Waals surface area contributed by atoms with Crippen molar-refractivity contribution in [3.63, 3.8) is 0 Å². The molecule has 2 aromatic carbocycles. The molecule has 0 fully saturated rings. The molecule has 0 aromatic heterocycles. The minimum Gasteiger partial charge on any atom is -0.333 e. The maximum absolute atomic E-state index is 13.2. The summed E-state index contributed by atoms with van der Waals surface area (Å²) in [7, 11) is 1.50. The van der Waals surface area contributed by atoms with Crippen LogP contribution >= 0.6 is 0 Å². The fourth-order valence-electron chi connectivity index (χ4n) is 3.19. The lowest BCUT2D eigenvalue weighted by Gasteiger charge is -2.17. The molecule has 1 nitrogen and oxygen atoms in total.